The van der Waals surface area contributed by atoms with Gasteiger partial charge in [0.05, 0.1) is 11.9 Å². The number of hydrogen-bond acceptors (Lipinski definition) is 3. The first-order valence-corrected chi connectivity index (χ1v) is 4.28. The van der Waals surface area contributed by atoms with Gasteiger partial charge in [-0.05, 0) is 18.1 Å². The van der Waals surface area contributed by atoms with Crippen molar-refractivity contribution in [3.8, 4) is 0 Å². The molecule has 0 fully saturated rings. The first-order valence-electron chi connectivity index (χ1n) is 4.28. The van der Waals surface area contributed by atoms with E-state index in [-0.39, 0.29) is 0 Å². The van der Waals surface area contributed by atoms with E-state index in [1.54, 1.807) is 17.9 Å². The van der Waals surface area contributed by atoms with Gasteiger partial charge in [0.1, 0.15) is 6.29 Å². The van der Waals surface area contributed by atoms with Crippen LogP contribution in [0.25, 0.3) is 6.08 Å². The number of carbonyl (C=O) groups is 1. The number of hydrogen-bond donors (Lipinski definition) is 0. The Morgan fingerprint density at radius 1 is 1.69 bits per heavy atom. The Morgan fingerprint density at radius 3 is 2.92 bits per heavy atom. The Kier molecular flexibility index (Phi) is 3.37. The van der Waals surface area contributed by atoms with Crippen molar-refractivity contribution >= 4 is 12.4 Å². The van der Waals surface area contributed by atoms with Gasteiger partial charge in [-0.1, -0.05) is 18.6 Å². The minimum Gasteiger partial charge on any atom is -0.298 e. The second-order valence-electron chi connectivity index (χ2n) is 2.87. The Labute approximate surface area is 77.3 Å². The average Bonchev–Trinajstić information content (AvgIpc) is 2.51. The Morgan fingerprint density at radius 2 is 2.46 bits per heavy atom. The van der Waals surface area contributed by atoms with Crippen LogP contribution >= 0.6 is 0 Å². The van der Waals surface area contributed by atoms with Gasteiger partial charge in [0, 0.05) is 7.05 Å². The molecule has 13 heavy (non-hydrogen) atoms. The maximum Gasteiger partial charge on any atom is 0.146 e. The van der Waals surface area contributed by atoms with E-state index < -0.39 is 0 Å². The first kappa shape index (κ1) is 9.64. The van der Waals surface area contributed by atoms with Crippen molar-refractivity contribution in [3.63, 3.8) is 0 Å². The van der Waals surface area contributed by atoms with Gasteiger partial charge in [-0.25, -0.2) is 4.68 Å². The zero-order valence-corrected chi connectivity index (χ0v) is 7.90. The van der Waals surface area contributed by atoms with E-state index in [1.165, 1.54) is 0 Å². The molecule has 0 aliphatic carbocycles. The van der Waals surface area contributed by atoms with Crippen LogP contribution in [-0.4, -0.2) is 21.3 Å². The van der Waals surface area contributed by atoms with Crippen molar-refractivity contribution < 1.29 is 4.79 Å². The van der Waals surface area contributed by atoms with Gasteiger partial charge in [0.15, 0.2) is 0 Å². The van der Waals surface area contributed by atoms with Crippen molar-refractivity contribution in [2.75, 3.05) is 0 Å². The monoisotopic (exact) mass is 179 g/mol. The quantitative estimate of drug-likeness (QED) is 0.515. The number of allylic oxidation sites excluding steroid dienone is 1. The molecule has 0 atom stereocenters. The van der Waals surface area contributed by atoms with E-state index in [2.05, 4.69) is 10.3 Å². The van der Waals surface area contributed by atoms with Crippen LogP contribution in [0.3, 0.4) is 0 Å². The lowest BCUT2D eigenvalue weighted by Gasteiger charge is -1.96. The van der Waals surface area contributed by atoms with Crippen LogP contribution in [0.4, 0.5) is 0 Å². The normalized spacial score (nSPS) is 11.7. The van der Waals surface area contributed by atoms with Gasteiger partial charge >= 0.3 is 0 Å². The number of aromatic nitrogens is 3. The fourth-order valence-electron chi connectivity index (χ4n) is 1.07. The minimum atomic E-state index is 0.785. The number of aldehydes is 1. The predicted molar refractivity (Wildman–Crippen MR) is 50.0 cm³/mol. The number of rotatable bonds is 4. The lowest BCUT2D eigenvalue weighted by molar-refractivity contribution is -0.105. The standard InChI is InChI=1S/C9H13N3O/c1-3-4-8(7-13)5-9-6-10-11-12(9)2/h5-7H,3-4H2,1-2H3/b8-5+. The van der Waals surface area contributed by atoms with Gasteiger partial charge in [0.25, 0.3) is 0 Å². The molecule has 1 aromatic rings. The molecule has 0 aliphatic rings. The van der Waals surface area contributed by atoms with E-state index >= 15 is 0 Å². The third-order valence-electron chi connectivity index (χ3n) is 1.77. The molecular weight excluding hydrogens is 166 g/mol. The van der Waals surface area contributed by atoms with E-state index in [0.717, 1.165) is 30.4 Å². The highest BCUT2D eigenvalue weighted by Crippen LogP contribution is 2.07. The molecule has 0 amide bonds. The Bertz CT molecular complexity index is 314. The second kappa shape index (κ2) is 4.54. The Balaban J connectivity index is 2.84. The van der Waals surface area contributed by atoms with Crippen LogP contribution in [0, 0.1) is 0 Å². The summed E-state index contributed by atoms with van der Waals surface area (Å²) in [5.41, 5.74) is 1.64. The van der Waals surface area contributed by atoms with Crippen molar-refractivity contribution in [3.05, 3.63) is 17.5 Å². The largest absolute Gasteiger partial charge is 0.298 e. The number of nitrogens with zero attached hydrogens (tertiary/aromatic N) is 3. The fraction of sp³-hybridized carbons (Fsp3) is 0.444. The molecule has 1 heterocycles. The van der Waals surface area contributed by atoms with E-state index in [1.807, 2.05) is 13.0 Å². The summed E-state index contributed by atoms with van der Waals surface area (Å²) in [6, 6.07) is 0. The highest BCUT2D eigenvalue weighted by atomic mass is 16.1. The zero-order chi connectivity index (χ0) is 9.68. The van der Waals surface area contributed by atoms with Crippen LogP contribution < -0.4 is 0 Å². The molecule has 1 aromatic heterocycles. The smallest absolute Gasteiger partial charge is 0.146 e. The first-order chi connectivity index (χ1) is 6.27. The average molecular weight is 179 g/mol. The highest BCUT2D eigenvalue weighted by Gasteiger charge is 1.98. The minimum absolute atomic E-state index is 0.785. The summed E-state index contributed by atoms with van der Waals surface area (Å²) in [4.78, 5) is 10.6. The molecule has 0 N–H and O–H groups in total. The molecule has 0 saturated carbocycles. The van der Waals surface area contributed by atoms with Gasteiger partial charge in [-0.3, -0.25) is 4.79 Å². The van der Waals surface area contributed by atoms with Crippen LogP contribution in [0.1, 0.15) is 25.5 Å². The molecular formula is C9H13N3O. The Hall–Kier alpha value is -1.45. The van der Waals surface area contributed by atoms with Crippen molar-refractivity contribution in [2.45, 2.75) is 19.8 Å². The third-order valence-corrected chi connectivity index (χ3v) is 1.77. The fourth-order valence-corrected chi connectivity index (χ4v) is 1.07. The topological polar surface area (TPSA) is 47.8 Å². The van der Waals surface area contributed by atoms with Gasteiger partial charge < -0.3 is 0 Å². The van der Waals surface area contributed by atoms with E-state index in [9.17, 15) is 4.79 Å². The van der Waals surface area contributed by atoms with Gasteiger partial charge in [-0.2, -0.15) is 0 Å². The predicted octanol–water partition coefficient (Wildman–Crippen LogP) is 1.20. The molecule has 4 nitrogen and oxygen atoms in total. The van der Waals surface area contributed by atoms with Crippen molar-refractivity contribution in [1.29, 1.82) is 0 Å². The molecule has 70 valence electrons. The summed E-state index contributed by atoms with van der Waals surface area (Å²) in [5, 5.41) is 7.49. The maximum absolute atomic E-state index is 10.6. The summed E-state index contributed by atoms with van der Waals surface area (Å²) in [6.45, 7) is 2.04. The lowest BCUT2D eigenvalue weighted by atomic mass is 10.1. The number of carbonyl (C=O) groups excluding carboxylic acids is 1. The molecule has 0 radical (unpaired) electrons. The maximum atomic E-state index is 10.6. The molecule has 4 heteroatoms. The van der Waals surface area contributed by atoms with Gasteiger partial charge in [0.2, 0.25) is 0 Å². The molecule has 0 aromatic carbocycles. The molecule has 1 rings (SSSR count). The summed E-state index contributed by atoms with van der Waals surface area (Å²) < 4.78 is 1.64. The van der Waals surface area contributed by atoms with E-state index in [4.69, 9.17) is 0 Å². The summed E-state index contributed by atoms with van der Waals surface area (Å²) in [5.74, 6) is 0. The van der Waals surface area contributed by atoms with Crippen molar-refractivity contribution in [2.24, 2.45) is 7.05 Å². The number of aryl methyl sites for hydroxylation is 1. The second-order valence-corrected chi connectivity index (χ2v) is 2.87. The summed E-state index contributed by atoms with van der Waals surface area (Å²) in [6.07, 6.45) is 6.11. The molecule has 0 unspecified atom stereocenters. The molecule has 0 bridgehead atoms. The lowest BCUT2D eigenvalue weighted by Crippen LogP contribution is -1.94. The van der Waals surface area contributed by atoms with Crippen LogP contribution in [-0.2, 0) is 11.8 Å². The summed E-state index contributed by atoms with van der Waals surface area (Å²) >= 11 is 0. The van der Waals surface area contributed by atoms with Crippen LogP contribution in [0.15, 0.2) is 11.8 Å². The summed E-state index contributed by atoms with van der Waals surface area (Å²) in [7, 11) is 1.80. The van der Waals surface area contributed by atoms with Crippen LogP contribution in [0.5, 0.6) is 0 Å². The highest BCUT2D eigenvalue weighted by molar-refractivity contribution is 5.80. The van der Waals surface area contributed by atoms with E-state index in [0.29, 0.717) is 0 Å². The van der Waals surface area contributed by atoms with Crippen LogP contribution in [0.2, 0.25) is 0 Å². The van der Waals surface area contributed by atoms with Crippen molar-refractivity contribution in [1.82, 2.24) is 15.0 Å². The molecule has 0 spiro atoms. The van der Waals surface area contributed by atoms with Gasteiger partial charge in [-0.15, -0.1) is 5.10 Å². The SMILES string of the molecule is CCC/C(C=O)=C\c1cnnn1C. The zero-order valence-electron chi connectivity index (χ0n) is 7.90. The molecule has 0 saturated heterocycles. The third kappa shape index (κ3) is 2.50. The molecule has 0 aliphatic heterocycles.